The lowest BCUT2D eigenvalue weighted by molar-refractivity contribution is 0.949. The van der Waals surface area contributed by atoms with E-state index in [1.165, 1.54) is 48.0 Å². The maximum Gasteiger partial charge on any atom is 0.0207 e. The van der Waals surface area contributed by atoms with Crippen LogP contribution in [0.3, 0.4) is 0 Å². The van der Waals surface area contributed by atoms with Crippen LogP contribution in [-0.4, -0.2) is 10.5 Å². The van der Waals surface area contributed by atoms with Crippen LogP contribution >= 0.6 is 11.8 Å². The zero-order valence-corrected chi connectivity index (χ0v) is 17.5. The van der Waals surface area contributed by atoms with E-state index in [0.717, 1.165) is 0 Å². The van der Waals surface area contributed by atoms with Crippen LogP contribution in [0.25, 0.3) is 0 Å². The Kier molecular flexibility index (Phi) is 12.3. The standard InChI is InChI=1S/C22H38S/c1-17(2)11-9-13-19(5)15-21(7)23-22(8)16-20(6)14-10-12-18(3)4/h11-12,15-16,21-22H,9-10,13-14H2,1-8H3/b19-15-,20-16-. The van der Waals surface area contributed by atoms with Crippen LogP contribution < -0.4 is 0 Å². The van der Waals surface area contributed by atoms with Crippen molar-refractivity contribution in [2.45, 2.75) is 91.6 Å². The van der Waals surface area contributed by atoms with Crippen molar-refractivity contribution in [3.05, 3.63) is 46.6 Å². The van der Waals surface area contributed by atoms with Gasteiger partial charge < -0.3 is 0 Å². The molecule has 0 saturated heterocycles. The first-order valence-corrected chi connectivity index (χ1v) is 9.91. The zero-order valence-electron chi connectivity index (χ0n) is 16.7. The lowest BCUT2D eigenvalue weighted by Gasteiger charge is -2.13. The quantitative estimate of drug-likeness (QED) is 0.366. The summed E-state index contributed by atoms with van der Waals surface area (Å²) in [7, 11) is 0. The van der Waals surface area contributed by atoms with E-state index in [2.05, 4.69) is 91.5 Å². The van der Waals surface area contributed by atoms with Gasteiger partial charge in [0.2, 0.25) is 0 Å². The molecule has 0 radical (unpaired) electrons. The molecule has 0 fully saturated rings. The normalized spacial score (nSPS) is 15.1. The molecule has 1 heteroatoms. The van der Waals surface area contributed by atoms with Gasteiger partial charge in [0.25, 0.3) is 0 Å². The zero-order chi connectivity index (χ0) is 17.8. The first-order valence-electron chi connectivity index (χ1n) is 8.97. The van der Waals surface area contributed by atoms with Crippen molar-refractivity contribution in [2.75, 3.05) is 0 Å². The third-order valence-electron chi connectivity index (χ3n) is 3.65. The molecular weight excluding hydrogens is 296 g/mol. The van der Waals surface area contributed by atoms with Gasteiger partial charge in [-0.2, -0.15) is 0 Å². The van der Waals surface area contributed by atoms with Gasteiger partial charge in [0.15, 0.2) is 0 Å². The molecule has 0 spiro atoms. The molecule has 0 aromatic heterocycles. The van der Waals surface area contributed by atoms with Crippen molar-refractivity contribution in [2.24, 2.45) is 0 Å². The largest absolute Gasteiger partial charge is 0.147 e. The van der Waals surface area contributed by atoms with Crippen LogP contribution in [0.4, 0.5) is 0 Å². The monoisotopic (exact) mass is 334 g/mol. The molecule has 0 nitrogen and oxygen atoms in total. The highest BCUT2D eigenvalue weighted by Gasteiger charge is 2.06. The van der Waals surface area contributed by atoms with E-state index in [0.29, 0.717) is 10.5 Å². The van der Waals surface area contributed by atoms with E-state index >= 15 is 0 Å². The maximum absolute atomic E-state index is 2.44. The van der Waals surface area contributed by atoms with Crippen molar-refractivity contribution >= 4 is 11.8 Å². The van der Waals surface area contributed by atoms with E-state index < -0.39 is 0 Å². The predicted octanol–water partition coefficient (Wildman–Crippen LogP) is 7.88. The van der Waals surface area contributed by atoms with Gasteiger partial charge in [-0.3, -0.25) is 0 Å². The van der Waals surface area contributed by atoms with Gasteiger partial charge in [0, 0.05) is 10.5 Å². The van der Waals surface area contributed by atoms with Crippen molar-refractivity contribution in [3.8, 4) is 0 Å². The van der Waals surface area contributed by atoms with Gasteiger partial charge >= 0.3 is 0 Å². The molecule has 23 heavy (non-hydrogen) atoms. The van der Waals surface area contributed by atoms with E-state index in [4.69, 9.17) is 0 Å². The minimum atomic E-state index is 0.582. The van der Waals surface area contributed by atoms with E-state index in [9.17, 15) is 0 Å². The summed E-state index contributed by atoms with van der Waals surface area (Å²) in [5, 5.41) is 1.16. The topological polar surface area (TPSA) is 0 Å². The summed E-state index contributed by atoms with van der Waals surface area (Å²) in [5.41, 5.74) is 5.86. The van der Waals surface area contributed by atoms with Gasteiger partial charge in [0.1, 0.15) is 0 Å². The molecule has 0 aliphatic heterocycles. The molecule has 2 unspecified atom stereocenters. The van der Waals surface area contributed by atoms with Crippen molar-refractivity contribution in [1.82, 2.24) is 0 Å². The second-order valence-electron chi connectivity index (χ2n) is 7.21. The van der Waals surface area contributed by atoms with Crippen LogP contribution in [0.1, 0.15) is 81.1 Å². The van der Waals surface area contributed by atoms with Gasteiger partial charge in [-0.1, -0.05) is 46.6 Å². The van der Waals surface area contributed by atoms with Crippen LogP contribution in [0, 0.1) is 0 Å². The fraction of sp³-hybridized carbons (Fsp3) is 0.636. The molecule has 2 atom stereocenters. The van der Waals surface area contributed by atoms with Crippen LogP contribution in [0.15, 0.2) is 46.6 Å². The molecule has 0 aromatic rings. The molecule has 0 heterocycles. The van der Waals surface area contributed by atoms with E-state index in [1.54, 1.807) is 0 Å². The van der Waals surface area contributed by atoms with Gasteiger partial charge in [-0.15, -0.1) is 11.8 Å². The average Bonchev–Trinajstić information content (AvgIpc) is 2.36. The molecule has 0 rings (SSSR count). The summed E-state index contributed by atoms with van der Waals surface area (Å²) in [4.78, 5) is 0. The Labute approximate surface area is 150 Å². The fourth-order valence-electron chi connectivity index (χ4n) is 2.56. The summed E-state index contributed by atoms with van der Waals surface area (Å²) in [5.74, 6) is 0. The Morgan fingerprint density at radius 3 is 1.35 bits per heavy atom. The lowest BCUT2D eigenvalue weighted by atomic mass is 10.1. The van der Waals surface area contributed by atoms with Gasteiger partial charge in [-0.05, 0) is 81.1 Å². The highest BCUT2D eigenvalue weighted by atomic mass is 32.2. The Hall–Kier alpha value is -0.690. The van der Waals surface area contributed by atoms with Gasteiger partial charge in [-0.25, -0.2) is 0 Å². The predicted molar refractivity (Wildman–Crippen MR) is 111 cm³/mol. The average molecular weight is 335 g/mol. The van der Waals surface area contributed by atoms with Gasteiger partial charge in [0.05, 0.1) is 0 Å². The third-order valence-corrected chi connectivity index (χ3v) is 4.78. The molecule has 132 valence electrons. The van der Waals surface area contributed by atoms with Crippen molar-refractivity contribution in [3.63, 3.8) is 0 Å². The smallest absolute Gasteiger partial charge is 0.0207 e. The Morgan fingerprint density at radius 2 is 1.04 bits per heavy atom. The molecule has 0 aliphatic rings. The number of rotatable bonds is 10. The molecular formula is C22H38S. The first kappa shape index (κ1) is 22.3. The Morgan fingerprint density at radius 1 is 0.696 bits per heavy atom. The Balaban J connectivity index is 4.28. The highest BCUT2D eigenvalue weighted by Crippen LogP contribution is 2.23. The Bertz CT molecular complexity index is 399. The van der Waals surface area contributed by atoms with Crippen molar-refractivity contribution in [1.29, 1.82) is 0 Å². The summed E-state index contributed by atoms with van der Waals surface area (Å²) in [6.45, 7) is 17.9. The molecule has 0 N–H and O–H groups in total. The first-order chi connectivity index (χ1) is 10.7. The van der Waals surface area contributed by atoms with Crippen LogP contribution in [0.2, 0.25) is 0 Å². The SMILES string of the molecule is CC(C)=CCC/C(C)=C\C(C)SC(C)/C=C(/C)CCC=C(C)C. The fourth-order valence-corrected chi connectivity index (χ4v) is 3.86. The number of thioether (sulfide) groups is 1. The minimum absolute atomic E-state index is 0.582. The molecule has 0 saturated carbocycles. The molecule has 0 bridgehead atoms. The van der Waals surface area contributed by atoms with E-state index in [1.807, 2.05) is 0 Å². The lowest BCUT2D eigenvalue weighted by Crippen LogP contribution is -2.01. The number of hydrogen-bond acceptors (Lipinski definition) is 1. The summed E-state index contributed by atoms with van der Waals surface area (Å²) in [6.07, 6.45) is 14.2. The number of allylic oxidation sites excluding steroid dienone is 6. The second-order valence-corrected chi connectivity index (χ2v) is 8.97. The maximum atomic E-state index is 2.44. The summed E-state index contributed by atoms with van der Waals surface area (Å²) >= 11 is 2.05. The van der Waals surface area contributed by atoms with Crippen LogP contribution in [0.5, 0.6) is 0 Å². The molecule has 0 aromatic carbocycles. The molecule has 0 amide bonds. The summed E-state index contributed by atoms with van der Waals surface area (Å²) < 4.78 is 0. The van der Waals surface area contributed by atoms with Crippen LogP contribution in [-0.2, 0) is 0 Å². The minimum Gasteiger partial charge on any atom is -0.147 e. The van der Waals surface area contributed by atoms with E-state index in [-0.39, 0.29) is 0 Å². The third kappa shape index (κ3) is 14.6. The number of hydrogen-bond donors (Lipinski definition) is 0. The second kappa shape index (κ2) is 12.7. The molecule has 0 aliphatic carbocycles. The van der Waals surface area contributed by atoms with Crippen molar-refractivity contribution < 1.29 is 0 Å². The summed E-state index contributed by atoms with van der Waals surface area (Å²) in [6, 6.07) is 0. The highest BCUT2D eigenvalue weighted by molar-refractivity contribution is 8.00.